The van der Waals surface area contributed by atoms with Gasteiger partial charge in [-0.2, -0.15) is 10.2 Å². The van der Waals surface area contributed by atoms with Gasteiger partial charge in [-0.05, 0) is 25.0 Å². The molecule has 0 spiro atoms. The van der Waals surface area contributed by atoms with Crippen LogP contribution in [0.3, 0.4) is 0 Å². The second kappa shape index (κ2) is 6.88. The summed E-state index contributed by atoms with van der Waals surface area (Å²) in [5, 5.41) is 9.13. The summed E-state index contributed by atoms with van der Waals surface area (Å²) in [6.07, 6.45) is 5.20. The molecule has 6 nitrogen and oxygen atoms in total. The Labute approximate surface area is 169 Å². The molecule has 0 radical (unpaired) electrons. The number of aryl methyl sites for hydroxylation is 2. The van der Waals surface area contributed by atoms with Crippen LogP contribution in [-0.4, -0.2) is 43.3 Å². The average Bonchev–Trinajstić information content (AvgIpc) is 3.21. The Kier molecular flexibility index (Phi) is 4.19. The lowest BCUT2D eigenvalue weighted by atomic mass is 10.0. The summed E-state index contributed by atoms with van der Waals surface area (Å²) in [7, 11) is 2.00. The lowest BCUT2D eigenvalue weighted by Crippen LogP contribution is -2.33. The van der Waals surface area contributed by atoms with Crippen molar-refractivity contribution in [3.63, 3.8) is 0 Å². The third-order valence-corrected chi connectivity index (χ3v) is 5.71. The minimum atomic E-state index is 0.0413. The van der Waals surface area contributed by atoms with Crippen molar-refractivity contribution in [2.45, 2.75) is 19.8 Å². The van der Waals surface area contributed by atoms with Crippen LogP contribution in [0.25, 0.3) is 16.8 Å². The molecule has 4 aromatic rings. The van der Waals surface area contributed by atoms with Gasteiger partial charge in [0.25, 0.3) is 5.91 Å². The van der Waals surface area contributed by atoms with E-state index in [1.165, 1.54) is 11.1 Å². The molecule has 5 rings (SSSR count). The van der Waals surface area contributed by atoms with E-state index in [9.17, 15) is 4.79 Å². The normalized spacial score (nSPS) is 14.1. The van der Waals surface area contributed by atoms with Gasteiger partial charge in [0.15, 0.2) is 0 Å². The molecule has 4 heterocycles. The van der Waals surface area contributed by atoms with Crippen LogP contribution >= 0.6 is 0 Å². The molecule has 146 valence electrons. The molecule has 6 heteroatoms. The quantitative estimate of drug-likeness (QED) is 0.532. The van der Waals surface area contributed by atoms with Gasteiger partial charge >= 0.3 is 0 Å². The van der Waals surface area contributed by atoms with Crippen LogP contribution < -0.4 is 0 Å². The summed E-state index contributed by atoms with van der Waals surface area (Å²) in [6.45, 7) is 3.37. The van der Waals surface area contributed by atoms with Gasteiger partial charge in [0.05, 0.1) is 28.7 Å². The molecule has 0 N–H and O–H groups in total. The van der Waals surface area contributed by atoms with Crippen LogP contribution in [0.1, 0.15) is 27.2 Å². The molecule has 0 aliphatic carbocycles. The maximum Gasteiger partial charge on any atom is 0.257 e. The molecule has 1 aliphatic rings. The Hall–Kier alpha value is -3.41. The number of nitrogens with zero attached hydrogens (tertiary/aromatic N) is 5. The van der Waals surface area contributed by atoms with Crippen molar-refractivity contribution in [2.75, 3.05) is 13.1 Å². The first-order valence-corrected chi connectivity index (χ1v) is 9.95. The van der Waals surface area contributed by atoms with Gasteiger partial charge in [-0.3, -0.25) is 9.48 Å². The molecule has 1 aliphatic heterocycles. The van der Waals surface area contributed by atoms with Crippen LogP contribution in [0.4, 0.5) is 0 Å². The van der Waals surface area contributed by atoms with Crippen LogP contribution in [0.2, 0.25) is 0 Å². The number of carbonyl (C=O) groups excluding carboxylic acids is 1. The van der Waals surface area contributed by atoms with Crippen molar-refractivity contribution in [3.8, 4) is 11.3 Å². The molecular weight excluding hydrogens is 362 g/mol. The van der Waals surface area contributed by atoms with Gasteiger partial charge in [-0.25, -0.2) is 4.52 Å². The molecule has 0 saturated heterocycles. The highest BCUT2D eigenvalue weighted by Gasteiger charge is 2.26. The fraction of sp³-hybridized carbons (Fsp3) is 0.261. The highest BCUT2D eigenvalue weighted by atomic mass is 16.2. The lowest BCUT2D eigenvalue weighted by Gasteiger charge is -2.20. The number of rotatable bonds is 2. The smallest absolute Gasteiger partial charge is 0.257 e. The third kappa shape index (κ3) is 3.01. The number of pyridine rings is 1. The van der Waals surface area contributed by atoms with E-state index in [2.05, 4.69) is 17.2 Å². The van der Waals surface area contributed by atoms with Crippen LogP contribution in [0.5, 0.6) is 0 Å². The third-order valence-electron chi connectivity index (χ3n) is 5.71. The number of hydrogen-bond donors (Lipinski definition) is 0. The molecule has 3 aromatic heterocycles. The molecule has 29 heavy (non-hydrogen) atoms. The first-order chi connectivity index (χ1) is 14.1. The van der Waals surface area contributed by atoms with Gasteiger partial charge in [-0.1, -0.05) is 36.4 Å². The maximum atomic E-state index is 13.3. The lowest BCUT2D eigenvalue weighted by molar-refractivity contribution is 0.0764. The van der Waals surface area contributed by atoms with Crippen molar-refractivity contribution < 1.29 is 4.79 Å². The topological polar surface area (TPSA) is 55.4 Å². The molecule has 0 bridgehead atoms. The predicted octanol–water partition coefficient (Wildman–Crippen LogP) is 3.28. The predicted molar refractivity (Wildman–Crippen MR) is 112 cm³/mol. The molecule has 0 saturated carbocycles. The zero-order valence-corrected chi connectivity index (χ0v) is 16.7. The van der Waals surface area contributed by atoms with E-state index in [-0.39, 0.29) is 5.91 Å². The van der Waals surface area contributed by atoms with E-state index in [0.29, 0.717) is 18.7 Å². The Morgan fingerprint density at radius 3 is 2.66 bits per heavy atom. The molecule has 0 fully saturated rings. The summed E-state index contributed by atoms with van der Waals surface area (Å²) in [6, 6.07) is 14.3. The molecule has 0 unspecified atom stereocenters. The standard InChI is InChI=1S/C23H23N5O/c1-16-8-9-21-19(14-24-28(21)15-16)23(29)27-12-10-18-20(11-13-27)25-26(2)22(18)17-6-4-3-5-7-17/h3-9,14-15H,10-13H2,1-2H3. The number of fused-ring (bicyclic) bond motifs is 2. The molecule has 0 atom stereocenters. The number of benzene rings is 1. The zero-order valence-electron chi connectivity index (χ0n) is 16.7. The van der Waals surface area contributed by atoms with E-state index in [1.54, 1.807) is 10.7 Å². The number of carbonyl (C=O) groups is 1. The maximum absolute atomic E-state index is 13.3. The van der Waals surface area contributed by atoms with E-state index >= 15 is 0 Å². The minimum Gasteiger partial charge on any atom is -0.338 e. The van der Waals surface area contributed by atoms with Gasteiger partial charge in [-0.15, -0.1) is 0 Å². The highest BCUT2D eigenvalue weighted by molar-refractivity contribution is 6.00. The van der Waals surface area contributed by atoms with E-state index in [1.807, 2.05) is 60.1 Å². The Bertz CT molecular complexity index is 1200. The monoisotopic (exact) mass is 385 g/mol. The average molecular weight is 385 g/mol. The second-order valence-corrected chi connectivity index (χ2v) is 7.65. The van der Waals surface area contributed by atoms with E-state index < -0.39 is 0 Å². The van der Waals surface area contributed by atoms with Crippen molar-refractivity contribution in [3.05, 3.63) is 77.2 Å². The van der Waals surface area contributed by atoms with Gasteiger partial charge in [0.1, 0.15) is 0 Å². The van der Waals surface area contributed by atoms with Crippen molar-refractivity contribution in [1.29, 1.82) is 0 Å². The van der Waals surface area contributed by atoms with Crippen molar-refractivity contribution in [2.24, 2.45) is 7.05 Å². The van der Waals surface area contributed by atoms with E-state index in [4.69, 9.17) is 5.10 Å². The van der Waals surface area contributed by atoms with Crippen molar-refractivity contribution >= 4 is 11.4 Å². The fourth-order valence-electron chi connectivity index (χ4n) is 4.27. The fourth-order valence-corrected chi connectivity index (χ4v) is 4.27. The Balaban J connectivity index is 1.44. The van der Waals surface area contributed by atoms with Crippen LogP contribution in [0.15, 0.2) is 54.9 Å². The zero-order chi connectivity index (χ0) is 20.0. The van der Waals surface area contributed by atoms with Crippen molar-refractivity contribution in [1.82, 2.24) is 24.3 Å². The second-order valence-electron chi connectivity index (χ2n) is 7.65. The Morgan fingerprint density at radius 1 is 1.03 bits per heavy atom. The summed E-state index contributed by atoms with van der Waals surface area (Å²) < 4.78 is 3.76. The molecule has 1 aromatic carbocycles. The number of aromatic nitrogens is 4. The van der Waals surface area contributed by atoms with Gasteiger partial charge < -0.3 is 4.90 Å². The summed E-state index contributed by atoms with van der Waals surface area (Å²) in [4.78, 5) is 15.2. The van der Waals surface area contributed by atoms with Crippen LogP contribution in [0, 0.1) is 6.92 Å². The van der Waals surface area contributed by atoms with E-state index in [0.717, 1.165) is 35.3 Å². The first kappa shape index (κ1) is 17.7. The molecular formula is C23H23N5O. The summed E-state index contributed by atoms with van der Waals surface area (Å²) >= 11 is 0. The number of amides is 1. The molecule has 1 amide bonds. The largest absolute Gasteiger partial charge is 0.338 e. The Morgan fingerprint density at radius 2 is 1.83 bits per heavy atom. The van der Waals surface area contributed by atoms with Crippen LogP contribution in [-0.2, 0) is 19.9 Å². The van der Waals surface area contributed by atoms with Gasteiger partial charge in [0, 0.05) is 43.9 Å². The SMILES string of the molecule is Cc1ccc2c(C(=O)N3CCc4nn(C)c(-c5ccccc5)c4CC3)cnn2c1. The van der Waals surface area contributed by atoms with Gasteiger partial charge in [0.2, 0.25) is 0 Å². The summed E-state index contributed by atoms with van der Waals surface area (Å²) in [5.41, 5.74) is 7.30. The number of hydrogen-bond acceptors (Lipinski definition) is 3. The highest BCUT2D eigenvalue weighted by Crippen LogP contribution is 2.29. The summed E-state index contributed by atoms with van der Waals surface area (Å²) in [5.74, 6) is 0.0413. The first-order valence-electron chi connectivity index (χ1n) is 9.95. The minimum absolute atomic E-state index is 0.0413.